The van der Waals surface area contributed by atoms with E-state index in [1.54, 1.807) is 0 Å². The van der Waals surface area contributed by atoms with Crippen molar-refractivity contribution in [1.82, 2.24) is 0 Å². The fraction of sp³-hybridized carbons (Fsp3) is 0.636. The molecule has 1 rings (SSSR count). The predicted molar refractivity (Wildman–Crippen MR) is 107 cm³/mol. The number of para-hydroxylation sites is 1. The van der Waals surface area contributed by atoms with Crippen molar-refractivity contribution in [2.75, 3.05) is 27.4 Å². The van der Waals surface area contributed by atoms with Crippen LogP contribution in [-0.4, -0.2) is 44.5 Å². The number of carbonyl (C=O) groups is 2. The fourth-order valence-electron chi connectivity index (χ4n) is 3.06. The van der Waals surface area contributed by atoms with Crippen LogP contribution in [0.4, 0.5) is 0 Å². The molecule has 0 aliphatic carbocycles. The van der Waals surface area contributed by atoms with Crippen LogP contribution in [-0.2, 0) is 25.5 Å². The number of unbranched alkanes of at least 4 members (excludes halogenated alkanes) is 4. The van der Waals surface area contributed by atoms with Crippen LogP contribution in [0.25, 0.3) is 0 Å². The Balaban J connectivity index is 2.56. The number of ether oxygens (including phenoxy) is 3. The first-order valence-electron chi connectivity index (χ1n) is 10.1. The summed E-state index contributed by atoms with van der Waals surface area (Å²) in [6.45, 7) is 0.725. The maximum atomic E-state index is 12.2. The Kier molecular flexibility index (Phi) is 12.8. The molecule has 1 aromatic carbocycles. The lowest BCUT2D eigenvalue weighted by molar-refractivity contribution is -0.145. The summed E-state index contributed by atoms with van der Waals surface area (Å²) < 4.78 is 15.5. The Labute approximate surface area is 168 Å². The molecule has 6 heteroatoms. The summed E-state index contributed by atoms with van der Waals surface area (Å²) in [6, 6.07) is 7.74. The molecule has 0 aliphatic rings. The van der Waals surface area contributed by atoms with Crippen LogP contribution in [0.15, 0.2) is 24.3 Å². The molecule has 0 aliphatic heterocycles. The molecular formula is C22H34O6. The van der Waals surface area contributed by atoms with Gasteiger partial charge in [-0.2, -0.15) is 0 Å². The number of esters is 2. The first-order chi connectivity index (χ1) is 13.6. The lowest BCUT2D eigenvalue weighted by atomic mass is 9.93. The number of aliphatic hydroxyl groups is 1. The van der Waals surface area contributed by atoms with Crippen molar-refractivity contribution in [2.24, 2.45) is 5.92 Å². The van der Waals surface area contributed by atoms with Crippen LogP contribution in [0.2, 0.25) is 0 Å². The number of aliphatic hydroxyl groups excluding tert-OH is 1. The Morgan fingerprint density at radius 1 is 0.964 bits per heavy atom. The number of benzene rings is 1. The van der Waals surface area contributed by atoms with E-state index >= 15 is 0 Å². The highest BCUT2D eigenvalue weighted by Crippen LogP contribution is 2.25. The monoisotopic (exact) mass is 394 g/mol. The molecular weight excluding hydrogens is 360 g/mol. The van der Waals surface area contributed by atoms with Gasteiger partial charge in [-0.05, 0) is 43.7 Å². The van der Waals surface area contributed by atoms with Gasteiger partial charge in [0.05, 0.1) is 26.7 Å². The van der Waals surface area contributed by atoms with Crippen LogP contribution in [0.3, 0.4) is 0 Å². The third-order valence-electron chi connectivity index (χ3n) is 4.69. The van der Waals surface area contributed by atoms with Gasteiger partial charge in [0.1, 0.15) is 5.75 Å². The molecule has 1 aromatic rings. The average molecular weight is 395 g/mol. The summed E-state index contributed by atoms with van der Waals surface area (Å²) >= 11 is 0. The van der Waals surface area contributed by atoms with Crippen molar-refractivity contribution in [1.29, 1.82) is 0 Å². The summed E-state index contributed by atoms with van der Waals surface area (Å²) in [4.78, 5) is 23.3. The van der Waals surface area contributed by atoms with Crippen molar-refractivity contribution in [3.8, 4) is 5.75 Å². The molecule has 0 spiro atoms. The maximum Gasteiger partial charge on any atom is 0.308 e. The van der Waals surface area contributed by atoms with Gasteiger partial charge in [-0.1, -0.05) is 37.5 Å². The lowest BCUT2D eigenvalue weighted by Crippen LogP contribution is -2.19. The van der Waals surface area contributed by atoms with E-state index in [0.717, 1.165) is 49.8 Å². The summed E-state index contributed by atoms with van der Waals surface area (Å²) in [7, 11) is 2.81. The number of methoxy groups -OCH3 is 2. The third kappa shape index (κ3) is 9.74. The quantitative estimate of drug-likeness (QED) is 0.361. The minimum atomic E-state index is -0.208. The molecule has 28 heavy (non-hydrogen) atoms. The molecule has 0 aromatic heterocycles. The van der Waals surface area contributed by atoms with Crippen LogP contribution in [0.5, 0.6) is 5.75 Å². The van der Waals surface area contributed by atoms with Crippen molar-refractivity contribution in [2.45, 2.75) is 57.8 Å². The highest BCUT2D eigenvalue weighted by atomic mass is 16.5. The minimum Gasteiger partial charge on any atom is -0.493 e. The van der Waals surface area contributed by atoms with E-state index in [1.165, 1.54) is 14.2 Å². The van der Waals surface area contributed by atoms with Crippen LogP contribution >= 0.6 is 0 Å². The zero-order valence-corrected chi connectivity index (χ0v) is 17.2. The smallest absolute Gasteiger partial charge is 0.308 e. The van der Waals surface area contributed by atoms with Gasteiger partial charge >= 0.3 is 11.9 Å². The van der Waals surface area contributed by atoms with E-state index in [0.29, 0.717) is 25.9 Å². The van der Waals surface area contributed by atoms with Gasteiger partial charge in [0, 0.05) is 13.0 Å². The third-order valence-corrected chi connectivity index (χ3v) is 4.69. The molecule has 0 amide bonds. The molecule has 0 heterocycles. The van der Waals surface area contributed by atoms with Crippen molar-refractivity contribution < 1.29 is 28.9 Å². The number of hydrogen-bond donors (Lipinski definition) is 1. The standard InChI is InChI=1S/C22H34O6/c1-26-21(24)14-8-10-16-28-20-13-7-6-11-18(20)17-19(22(25)27-2)12-5-3-4-9-15-23/h6-7,11,13,19,23H,3-5,8-10,12,14-17H2,1-2H3. The van der Waals surface area contributed by atoms with Crippen LogP contribution < -0.4 is 4.74 Å². The van der Waals surface area contributed by atoms with Gasteiger partial charge in [0.2, 0.25) is 0 Å². The van der Waals surface area contributed by atoms with Gasteiger partial charge < -0.3 is 19.3 Å². The molecule has 0 bridgehead atoms. The van der Waals surface area contributed by atoms with E-state index in [-0.39, 0.29) is 24.5 Å². The van der Waals surface area contributed by atoms with Crippen molar-refractivity contribution in [3.63, 3.8) is 0 Å². The second-order valence-corrected chi connectivity index (χ2v) is 6.84. The lowest BCUT2D eigenvalue weighted by Gasteiger charge is -2.17. The fourth-order valence-corrected chi connectivity index (χ4v) is 3.06. The van der Waals surface area contributed by atoms with E-state index in [9.17, 15) is 9.59 Å². The Hall–Kier alpha value is -2.08. The van der Waals surface area contributed by atoms with Crippen molar-refractivity contribution >= 4 is 11.9 Å². The summed E-state index contributed by atoms with van der Waals surface area (Å²) in [5.74, 6) is 0.160. The second kappa shape index (κ2) is 14.9. The summed E-state index contributed by atoms with van der Waals surface area (Å²) in [5.41, 5.74) is 0.987. The Morgan fingerprint density at radius 2 is 1.71 bits per heavy atom. The predicted octanol–water partition coefficient (Wildman–Crippen LogP) is 3.68. The topological polar surface area (TPSA) is 82.1 Å². The summed E-state index contributed by atoms with van der Waals surface area (Å²) in [5, 5.41) is 8.86. The van der Waals surface area contributed by atoms with Gasteiger partial charge in [0.25, 0.3) is 0 Å². The molecule has 0 radical (unpaired) electrons. The first-order valence-corrected chi connectivity index (χ1v) is 10.1. The van der Waals surface area contributed by atoms with E-state index in [2.05, 4.69) is 4.74 Å². The van der Waals surface area contributed by atoms with Crippen molar-refractivity contribution in [3.05, 3.63) is 29.8 Å². The highest BCUT2D eigenvalue weighted by molar-refractivity contribution is 5.72. The minimum absolute atomic E-state index is 0.199. The van der Waals surface area contributed by atoms with Crippen LogP contribution in [0, 0.1) is 5.92 Å². The zero-order chi connectivity index (χ0) is 20.6. The number of hydrogen-bond acceptors (Lipinski definition) is 6. The van der Waals surface area contributed by atoms with Gasteiger partial charge in [-0.15, -0.1) is 0 Å². The van der Waals surface area contributed by atoms with Gasteiger partial charge in [-0.3, -0.25) is 9.59 Å². The Bertz CT molecular complexity index is 572. The maximum absolute atomic E-state index is 12.2. The van der Waals surface area contributed by atoms with E-state index in [1.807, 2.05) is 24.3 Å². The molecule has 1 atom stereocenters. The second-order valence-electron chi connectivity index (χ2n) is 6.84. The van der Waals surface area contributed by atoms with Crippen LogP contribution in [0.1, 0.15) is 56.9 Å². The molecule has 0 saturated heterocycles. The zero-order valence-electron chi connectivity index (χ0n) is 17.2. The molecule has 1 unspecified atom stereocenters. The summed E-state index contributed by atoms with van der Waals surface area (Å²) in [6.07, 6.45) is 6.88. The number of carbonyl (C=O) groups excluding carboxylic acids is 2. The van der Waals surface area contributed by atoms with Gasteiger partial charge in [0.15, 0.2) is 0 Å². The number of rotatable bonds is 15. The average Bonchev–Trinajstić information content (AvgIpc) is 2.72. The molecule has 6 nitrogen and oxygen atoms in total. The first kappa shape index (κ1) is 24.0. The van der Waals surface area contributed by atoms with E-state index < -0.39 is 0 Å². The van der Waals surface area contributed by atoms with Gasteiger partial charge in [-0.25, -0.2) is 0 Å². The largest absolute Gasteiger partial charge is 0.493 e. The normalized spacial score (nSPS) is 11.7. The SMILES string of the molecule is COC(=O)CCCCOc1ccccc1CC(CCCCCCO)C(=O)OC. The molecule has 1 N–H and O–H groups in total. The highest BCUT2D eigenvalue weighted by Gasteiger charge is 2.21. The Morgan fingerprint density at radius 3 is 2.43 bits per heavy atom. The van der Waals surface area contributed by atoms with E-state index in [4.69, 9.17) is 14.6 Å². The molecule has 0 saturated carbocycles. The molecule has 158 valence electrons. The molecule has 0 fully saturated rings.